The molecule has 0 aliphatic rings. The first-order valence-corrected chi connectivity index (χ1v) is 24.5. The zero-order valence-corrected chi connectivity index (χ0v) is 44.1. The maximum atomic E-state index is 13.3. The number of ether oxygens (including phenoxy) is 2. The number of fused-ring (bicyclic) bond motifs is 2. The van der Waals surface area contributed by atoms with Crippen LogP contribution in [-0.4, -0.2) is 94.8 Å². The van der Waals surface area contributed by atoms with Gasteiger partial charge in [0.25, 0.3) is 26.1 Å². The molecular weight excluding hydrogens is 1050 g/mol. The number of anilines is 1. The first-order valence-electron chi connectivity index (χ1n) is 20.9. The number of phenolic OH excluding ortho intramolecular Hbond substituents is 1. The summed E-state index contributed by atoms with van der Waals surface area (Å²) in [6, 6.07) is 35.0. The minimum atomic E-state index is -4.57. The number of nitrogens with one attached hydrogen (secondary N) is 1. The summed E-state index contributed by atoms with van der Waals surface area (Å²) in [5.74, 6) is -1.74. The van der Waals surface area contributed by atoms with Crippen LogP contribution in [0.25, 0.3) is 21.5 Å². The fraction of sp³-hybridized carbons (Fsp3) is 0.0800. The molecule has 73 heavy (non-hydrogen) atoms. The number of nitrogens with zero attached hydrogens (tertiary/aromatic N) is 5. The van der Waals surface area contributed by atoms with Crippen LogP contribution in [0.2, 0.25) is 10.0 Å². The minimum Gasteiger partial charge on any atom is -0.871 e. The van der Waals surface area contributed by atoms with E-state index in [4.69, 9.17) is 32.7 Å². The van der Waals surface area contributed by atoms with Crippen LogP contribution in [0.1, 0.15) is 27.0 Å². The first kappa shape index (κ1) is 55.6. The third kappa shape index (κ3) is 12.7. The molecule has 0 saturated carbocycles. The molecule has 0 radical (unpaired) electrons. The molecule has 0 atom stereocenters. The van der Waals surface area contributed by atoms with E-state index < -0.39 is 53.3 Å². The topological polar surface area (TPSA) is 284 Å². The maximum Gasteiger partial charge on any atom is 2.00 e. The van der Waals surface area contributed by atoms with Crippen molar-refractivity contribution in [1.29, 1.82) is 0 Å². The van der Waals surface area contributed by atoms with E-state index in [1.807, 2.05) is 0 Å². The molecule has 0 aromatic heterocycles. The van der Waals surface area contributed by atoms with Gasteiger partial charge in [-0.3, -0.25) is 18.9 Å². The Hall–Kier alpha value is -6.72. The maximum absolute atomic E-state index is 13.3. The second-order valence-electron chi connectivity index (χ2n) is 15.4. The van der Waals surface area contributed by atoms with E-state index in [0.717, 1.165) is 12.1 Å². The number of amides is 1. The van der Waals surface area contributed by atoms with Crippen molar-refractivity contribution in [1.82, 2.24) is 0 Å². The van der Waals surface area contributed by atoms with Gasteiger partial charge in [0.1, 0.15) is 32.7 Å². The quantitative estimate of drug-likeness (QED) is 0.0292. The van der Waals surface area contributed by atoms with Crippen LogP contribution in [0.15, 0.2) is 169 Å². The first-order chi connectivity index (χ1) is 34.2. The number of hydrogen-bond donors (Lipinski definition) is 4. The fourth-order valence-corrected chi connectivity index (χ4v) is 9.21. The predicted molar refractivity (Wildman–Crippen MR) is 275 cm³/mol. The van der Waals surface area contributed by atoms with Crippen molar-refractivity contribution in [2.24, 2.45) is 25.4 Å². The number of benzene rings is 8. The van der Waals surface area contributed by atoms with Crippen LogP contribution in [0.3, 0.4) is 0 Å². The van der Waals surface area contributed by atoms with Crippen molar-refractivity contribution in [3.63, 3.8) is 0 Å². The summed E-state index contributed by atoms with van der Waals surface area (Å²) < 4.78 is 76.3. The third-order valence-corrected chi connectivity index (χ3v) is 13.5. The number of halogens is 2. The molecular formula is C50H38CaCl2N6O12S2. The van der Waals surface area contributed by atoms with Crippen LogP contribution < -0.4 is 25.0 Å². The molecule has 0 spiro atoms. The Kier molecular flexibility index (Phi) is 17.8. The van der Waals surface area contributed by atoms with Crippen LogP contribution in [0.5, 0.6) is 23.0 Å². The SMILES string of the molecule is COc1ccccc1N=C([O-])c1cc2ccccc2c(N=Nc2cc(Cl)c(C)c(S(=O)(=O)O)c2)c1[O-].COc1ccccc1NC(=O)c1cc2ccccc2c(N=Nc2cc(Cl)c(C)c(S(=O)(=O)O)c2)c1O.[Ca+2]. The van der Waals surface area contributed by atoms with Gasteiger partial charge < -0.3 is 30.1 Å². The normalized spacial score (nSPS) is 11.9. The molecule has 0 aliphatic carbocycles. The van der Waals surface area contributed by atoms with Gasteiger partial charge in [-0.05, 0) is 108 Å². The number of carbonyl (C=O) groups excluding carboxylic acids is 1. The molecule has 8 rings (SSSR count). The Morgan fingerprint density at radius 3 is 1.60 bits per heavy atom. The van der Waals surface area contributed by atoms with Crippen LogP contribution in [0.4, 0.5) is 34.1 Å². The van der Waals surface area contributed by atoms with Crippen molar-refractivity contribution in [2.75, 3.05) is 19.5 Å². The van der Waals surface area contributed by atoms with Gasteiger partial charge in [0, 0.05) is 20.8 Å². The number of rotatable bonds is 12. The average molecular weight is 1090 g/mol. The van der Waals surface area contributed by atoms with Gasteiger partial charge in [-0.1, -0.05) is 102 Å². The van der Waals surface area contributed by atoms with Crippen molar-refractivity contribution >= 4 is 149 Å². The van der Waals surface area contributed by atoms with Crippen LogP contribution in [-0.2, 0) is 20.2 Å². The number of azo groups is 2. The molecule has 4 N–H and O–H groups in total. The Morgan fingerprint density at radius 1 is 0.616 bits per heavy atom. The smallest absolute Gasteiger partial charge is 0.871 e. The molecule has 8 aromatic carbocycles. The second-order valence-corrected chi connectivity index (χ2v) is 19.0. The third-order valence-electron chi connectivity index (χ3n) is 10.8. The van der Waals surface area contributed by atoms with Gasteiger partial charge in [-0.25, -0.2) is 0 Å². The summed E-state index contributed by atoms with van der Waals surface area (Å²) in [7, 11) is -6.21. The number of methoxy groups -OCH3 is 2. The summed E-state index contributed by atoms with van der Waals surface area (Å²) in [4.78, 5) is 16.3. The van der Waals surface area contributed by atoms with Gasteiger partial charge in [-0.2, -0.15) is 32.2 Å². The summed E-state index contributed by atoms with van der Waals surface area (Å²) >= 11 is 12.2. The van der Waals surface area contributed by atoms with Gasteiger partial charge in [0.2, 0.25) is 0 Å². The van der Waals surface area contributed by atoms with Gasteiger partial charge in [-0.15, -0.1) is 5.11 Å². The molecule has 8 aromatic rings. The molecule has 0 bridgehead atoms. The largest absolute Gasteiger partial charge is 2.00 e. The molecule has 0 aliphatic heterocycles. The van der Waals surface area contributed by atoms with Gasteiger partial charge in [0.05, 0.1) is 42.5 Å². The Balaban J connectivity index is 0.000000235. The van der Waals surface area contributed by atoms with Crippen molar-refractivity contribution in [2.45, 2.75) is 23.6 Å². The number of hydrogen-bond acceptors (Lipinski definition) is 15. The fourth-order valence-electron chi connectivity index (χ4n) is 7.14. The Bertz CT molecular complexity index is 3790. The standard InChI is InChI=1S/2C25H20ClN3O6S.Ca/c2*1-14-19(26)12-16(13-22(14)36(32,33)34)28-29-23-17-8-4-3-7-15(17)11-18(24(23)30)25(31)27-20-9-5-6-10-21(20)35-2;/h2*3-13,30H,1-2H3,(H,27,31)(H,32,33,34);/q;;+2/p-2. The summed E-state index contributed by atoms with van der Waals surface area (Å²) in [6.45, 7) is 2.87. The molecule has 0 saturated heterocycles. The average Bonchev–Trinajstić information content (AvgIpc) is 3.34. The predicted octanol–water partition coefficient (Wildman–Crippen LogP) is 11.0. The van der Waals surface area contributed by atoms with E-state index in [9.17, 15) is 46.1 Å². The number of phenols is 1. The van der Waals surface area contributed by atoms with E-state index in [0.29, 0.717) is 38.7 Å². The van der Waals surface area contributed by atoms with E-state index in [2.05, 4.69) is 30.8 Å². The summed E-state index contributed by atoms with van der Waals surface area (Å²) in [6.07, 6.45) is 0. The van der Waals surface area contributed by atoms with E-state index in [1.54, 1.807) is 97.1 Å². The molecule has 0 unspecified atom stereocenters. The summed E-state index contributed by atoms with van der Waals surface area (Å²) in [5.41, 5.74) is 0.520. The molecule has 368 valence electrons. The Morgan fingerprint density at radius 2 is 1.07 bits per heavy atom. The van der Waals surface area contributed by atoms with E-state index >= 15 is 0 Å². The summed E-state index contributed by atoms with van der Waals surface area (Å²) in [5, 5.41) is 58.4. The van der Waals surface area contributed by atoms with E-state index in [1.165, 1.54) is 52.3 Å². The van der Waals surface area contributed by atoms with E-state index in [-0.39, 0.29) is 98.5 Å². The molecule has 23 heteroatoms. The number of aromatic hydroxyl groups is 1. The van der Waals surface area contributed by atoms with Gasteiger partial charge in [0.15, 0.2) is 5.75 Å². The minimum absolute atomic E-state index is 0. The molecule has 1 amide bonds. The van der Waals surface area contributed by atoms with Crippen LogP contribution in [0, 0.1) is 13.8 Å². The van der Waals surface area contributed by atoms with Crippen molar-refractivity contribution in [3.8, 4) is 23.0 Å². The van der Waals surface area contributed by atoms with Crippen molar-refractivity contribution in [3.05, 3.63) is 166 Å². The molecule has 0 heterocycles. The molecule has 0 fully saturated rings. The number of aliphatic imine (C=N–C) groups is 1. The number of para-hydroxylation sites is 4. The van der Waals surface area contributed by atoms with Crippen LogP contribution >= 0.6 is 23.2 Å². The second kappa shape index (κ2) is 23.4. The monoisotopic (exact) mass is 1090 g/mol. The zero-order valence-electron chi connectivity index (χ0n) is 38.7. The van der Waals surface area contributed by atoms with Gasteiger partial charge >= 0.3 is 37.7 Å². The number of carbonyl (C=O) groups is 1. The Labute approximate surface area is 457 Å². The molecule has 18 nitrogen and oxygen atoms in total. The van der Waals surface area contributed by atoms with Crippen molar-refractivity contribution < 1.29 is 55.5 Å². The zero-order chi connectivity index (χ0) is 52.1.